The molecule has 1 atom stereocenters. The van der Waals surface area contributed by atoms with E-state index in [4.69, 9.17) is 0 Å². The van der Waals surface area contributed by atoms with Crippen LogP contribution in [0.2, 0.25) is 0 Å². The van der Waals surface area contributed by atoms with Gasteiger partial charge in [-0.25, -0.2) is 4.98 Å². The molecule has 0 spiro atoms. The van der Waals surface area contributed by atoms with Crippen molar-refractivity contribution in [3.05, 3.63) is 29.3 Å². The Morgan fingerprint density at radius 3 is 3.31 bits per heavy atom. The SMILES string of the molecule is c1nc2cc(CC3CCCNC3)ccc2s1. The molecule has 0 aliphatic carbocycles. The molecule has 2 nitrogen and oxygen atoms in total. The molecule has 1 saturated heterocycles. The van der Waals surface area contributed by atoms with Crippen molar-refractivity contribution in [3.8, 4) is 0 Å². The molecule has 0 bridgehead atoms. The number of aromatic nitrogens is 1. The second kappa shape index (κ2) is 4.52. The summed E-state index contributed by atoms with van der Waals surface area (Å²) >= 11 is 1.72. The maximum Gasteiger partial charge on any atom is 0.0814 e. The van der Waals surface area contributed by atoms with Crippen molar-refractivity contribution in [3.63, 3.8) is 0 Å². The highest BCUT2D eigenvalue weighted by Crippen LogP contribution is 2.22. The van der Waals surface area contributed by atoms with Crippen LogP contribution >= 0.6 is 11.3 Å². The van der Waals surface area contributed by atoms with Crippen LogP contribution in [0.4, 0.5) is 0 Å². The summed E-state index contributed by atoms with van der Waals surface area (Å²) < 4.78 is 1.30. The number of rotatable bonds is 2. The highest BCUT2D eigenvalue weighted by atomic mass is 32.1. The van der Waals surface area contributed by atoms with Gasteiger partial charge in [0.25, 0.3) is 0 Å². The van der Waals surface area contributed by atoms with E-state index in [1.807, 2.05) is 5.51 Å². The molecule has 2 aromatic rings. The number of hydrogen-bond donors (Lipinski definition) is 1. The summed E-state index contributed by atoms with van der Waals surface area (Å²) in [7, 11) is 0. The number of fused-ring (bicyclic) bond motifs is 1. The third-order valence-electron chi connectivity index (χ3n) is 3.32. The molecule has 1 aromatic carbocycles. The number of benzene rings is 1. The van der Waals surface area contributed by atoms with Gasteiger partial charge in [0.05, 0.1) is 15.7 Å². The zero-order valence-electron chi connectivity index (χ0n) is 9.28. The fraction of sp³-hybridized carbons (Fsp3) is 0.462. The standard InChI is InChI=1S/C13H16N2S/c1-2-11(8-14-5-1)6-10-3-4-13-12(7-10)15-9-16-13/h3-4,7,9,11,14H,1-2,5-6,8H2. The third-order valence-corrected chi connectivity index (χ3v) is 4.13. The van der Waals surface area contributed by atoms with Crippen LogP contribution in [-0.4, -0.2) is 18.1 Å². The van der Waals surface area contributed by atoms with E-state index in [0.717, 1.165) is 11.4 Å². The molecular weight excluding hydrogens is 216 g/mol. The van der Waals surface area contributed by atoms with E-state index < -0.39 is 0 Å². The smallest absolute Gasteiger partial charge is 0.0814 e. The Morgan fingerprint density at radius 1 is 1.44 bits per heavy atom. The number of nitrogens with zero attached hydrogens (tertiary/aromatic N) is 1. The molecule has 1 N–H and O–H groups in total. The second-order valence-corrected chi connectivity index (χ2v) is 5.46. The predicted octanol–water partition coefficient (Wildman–Crippen LogP) is 2.84. The van der Waals surface area contributed by atoms with Gasteiger partial charge in [-0.3, -0.25) is 0 Å². The first kappa shape index (κ1) is 10.2. The molecule has 0 saturated carbocycles. The van der Waals surface area contributed by atoms with Gasteiger partial charge in [-0.1, -0.05) is 6.07 Å². The van der Waals surface area contributed by atoms with Crippen molar-refractivity contribution < 1.29 is 0 Å². The first-order valence-electron chi connectivity index (χ1n) is 5.95. The van der Waals surface area contributed by atoms with Crippen LogP contribution in [0.1, 0.15) is 18.4 Å². The quantitative estimate of drug-likeness (QED) is 0.861. The molecule has 3 rings (SSSR count). The van der Waals surface area contributed by atoms with E-state index in [-0.39, 0.29) is 0 Å². The largest absolute Gasteiger partial charge is 0.316 e. The summed E-state index contributed by atoms with van der Waals surface area (Å²) in [4.78, 5) is 4.38. The average molecular weight is 232 g/mol. The summed E-state index contributed by atoms with van der Waals surface area (Å²) in [5.41, 5.74) is 4.52. The second-order valence-electron chi connectivity index (χ2n) is 4.57. The zero-order chi connectivity index (χ0) is 10.8. The molecule has 1 unspecified atom stereocenters. The number of nitrogens with one attached hydrogen (secondary N) is 1. The Labute approximate surface area is 99.7 Å². The van der Waals surface area contributed by atoms with Gasteiger partial charge < -0.3 is 5.32 Å². The lowest BCUT2D eigenvalue weighted by atomic mass is 9.92. The Morgan fingerprint density at radius 2 is 2.44 bits per heavy atom. The minimum atomic E-state index is 0.810. The molecule has 84 valence electrons. The van der Waals surface area contributed by atoms with Crippen LogP contribution in [0.5, 0.6) is 0 Å². The minimum Gasteiger partial charge on any atom is -0.316 e. The van der Waals surface area contributed by atoms with Gasteiger partial charge in [0, 0.05) is 0 Å². The van der Waals surface area contributed by atoms with Gasteiger partial charge in [0.15, 0.2) is 0 Å². The molecule has 1 aliphatic heterocycles. The van der Waals surface area contributed by atoms with Gasteiger partial charge in [-0.2, -0.15) is 0 Å². The van der Waals surface area contributed by atoms with Crippen molar-refractivity contribution in [2.45, 2.75) is 19.3 Å². The van der Waals surface area contributed by atoms with Crippen LogP contribution in [0.3, 0.4) is 0 Å². The highest BCUT2D eigenvalue weighted by molar-refractivity contribution is 7.16. The lowest BCUT2D eigenvalue weighted by molar-refractivity contribution is 0.376. The van der Waals surface area contributed by atoms with Gasteiger partial charge in [-0.15, -0.1) is 11.3 Å². The number of piperidine rings is 1. The van der Waals surface area contributed by atoms with E-state index in [0.29, 0.717) is 0 Å². The topological polar surface area (TPSA) is 24.9 Å². The van der Waals surface area contributed by atoms with Crippen molar-refractivity contribution in [1.29, 1.82) is 0 Å². The molecule has 1 aromatic heterocycles. The molecule has 0 amide bonds. The van der Waals surface area contributed by atoms with Crippen LogP contribution < -0.4 is 5.32 Å². The average Bonchev–Trinajstić information content (AvgIpc) is 2.77. The van der Waals surface area contributed by atoms with Gasteiger partial charge in [-0.05, 0) is 56.0 Å². The number of hydrogen-bond acceptors (Lipinski definition) is 3. The molecular formula is C13H16N2S. The summed E-state index contributed by atoms with van der Waals surface area (Å²) in [5.74, 6) is 0.810. The minimum absolute atomic E-state index is 0.810. The van der Waals surface area contributed by atoms with E-state index >= 15 is 0 Å². The molecule has 16 heavy (non-hydrogen) atoms. The summed E-state index contributed by atoms with van der Waals surface area (Å²) in [6, 6.07) is 6.72. The molecule has 3 heteroatoms. The summed E-state index contributed by atoms with van der Waals surface area (Å²) in [5, 5.41) is 3.47. The molecule has 1 fully saturated rings. The Kier molecular flexibility index (Phi) is 2.89. The van der Waals surface area contributed by atoms with Crippen molar-refractivity contribution in [2.75, 3.05) is 13.1 Å². The fourth-order valence-electron chi connectivity index (χ4n) is 2.46. The third kappa shape index (κ3) is 2.11. The Bertz CT molecular complexity index is 471. The lowest BCUT2D eigenvalue weighted by Gasteiger charge is -2.22. The Hall–Kier alpha value is -0.930. The maximum absolute atomic E-state index is 4.38. The van der Waals surface area contributed by atoms with Crippen molar-refractivity contribution in [2.24, 2.45) is 5.92 Å². The molecule has 0 radical (unpaired) electrons. The van der Waals surface area contributed by atoms with Crippen LogP contribution in [0.15, 0.2) is 23.7 Å². The van der Waals surface area contributed by atoms with Crippen LogP contribution in [-0.2, 0) is 6.42 Å². The monoisotopic (exact) mass is 232 g/mol. The van der Waals surface area contributed by atoms with Crippen LogP contribution in [0, 0.1) is 5.92 Å². The van der Waals surface area contributed by atoms with E-state index in [9.17, 15) is 0 Å². The zero-order valence-corrected chi connectivity index (χ0v) is 10.1. The first-order valence-corrected chi connectivity index (χ1v) is 6.82. The van der Waals surface area contributed by atoms with Crippen molar-refractivity contribution in [1.82, 2.24) is 10.3 Å². The molecule has 1 aliphatic rings. The van der Waals surface area contributed by atoms with Crippen molar-refractivity contribution >= 4 is 21.6 Å². The van der Waals surface area contributed by atoms with Gasteiger partial charge >= 0.3 is 0 Å². The highest BCUT2D eigenvalue weighted by Gasteiger charge is 2.13. The van der Waals surface area contributed by atoms with E-state index in [1.165, 1.54) is 42.6 Å². The summed E-state index contributed by atoms with van der Waals surface area (Å²) in [6.07, 6.45) is 3.88. The van der Waals surface area contributed by atoms with Crippen LogP contribution in [0.25, 0.3) is 10.2 Å². The number of thiazole rings is 1. The summed E-state index contributed by atoms with van der Waals surface area (Å²) in [6.45, 7) is 2.37. The predicted molar refractivity (Wildman–Crippen MR) is 68.9 cm³/mol. The lowest BCUT2D eigenvalue weighted by Crippen LogP contribution is -2.30. The fourth-order valence-corrected chi connectivity index (χ4v) is 3.12. The van der Waals surface area contributed by atoms with Gasteiger partial charge in [0.1, 0.15) is 0 Å². The normalized spacial score (nSPS) is 21.4. The van der Waals surface area contributed by atoms with E-state index in [1.54, 1.807) is 11.3 Å². The van der Waals surface area contributed by atoms with Gasteiger partial charge in [0.2, 0.25) is 0 Å². The first-order chi connectivity index (χ1) is 7.92. The molecule has 2 heterocycles. The van der Waals surface area contributed by atoms with E-state index in [2.05, 4.69) is 28.5 Å². The Balaban J connectivity index is 1.77. The maximum atomic E-state index is 4.38.